The number of carbonyl (C=O) groups excluding carboxylic acids is 2. The summed E-state index contributed by atoms with van der Waals surface area (Å²) in [7, 11) is 0. The number of ether oxygens (including phenoxy) is 1. The van der Waals surface area contributed by atoms with E-state index in [0.717, 1.165) is 19.4 Å². The van der Waals surface area contributed by atoms with E-state index in [0.29, 0.717) is 37.1 Å². The first-order chi connectivity index (χ1) is 11.2. The molecule has 0 bridgehead atoms. The first kappa shape index (κ1) is 18.5. The quantitative estimate of drug-likeness (QED) is 0.648. The van der Waals surface area contributed by atoms with Crippen molar-refractivity contribution in [3.8, 4) is 0 Å². The Hall–Kier alpha value is -1.83. The molecule has 2 fully saturated rings. The molecule has 4 N–H and O–H groups in total. The number of morpholine rings is 1. The van der Waals surface area contributed by atoms with E-state index >= 15 is 0 Å². The molecular formula is C16H23ClN4O3. The van der Waals surface area contributed by atoms with Gasteiger partial charge in [-0.1, -0.05) is 0 Å². The van der Waals surface area contributed by atoms with Gasteiger partial charge in [-0.2, -0.15) is 0 Å². The van der Waals surface area contributed by atoms with Crippen molar-refractivity contribution in [2.45, 2.75) is 31.3 Å². The van der Waals surface area contributed by atoms with Gasteiger partial charge < -0.3 is 26.0 Å². The molecule has 3 rings (SSSR count). The minimum Gasteiger partial charge on any atom is -0.378 e. The van der Waals surface area contributed by atoms with Gasteiger partial charge in [0.25, 0.3) is 0 Å². The maximum atomic E-state index is 12.0. The zero-order valence-corrected chi connectivity index (χ0v) is 14.2. The van der Waals surface area contributed by atoms with E-state index in [1.54, 1.807) is 24.3 Å². The Morgan fingerprint density at radius 3 is 2.38 bits per heavy atom. The van der Waals surface area contributed by atoms with E-state index < -0.39 is 0 Å². The molecule has 0 aromatic heterocycles. The monoisotopic (exact) mass is 354 g/mol. The van der Waals surface area contributed by atoms with Crippen molar-refractivity contribution in [3.05, 3.63) is 24.3 Å². The van der Waals surface area contributed by atoms with Crippen molar-refractivity contribution in [2.24, 2.45) is 0 Å². The van der Waals surface area contributed by atoms with Gasteiger partial charge in [0.2, 0.25) is 5.91 Å². The lowest BCUT2D eigenvalue weighted by Gasteiger charge is -2.23. The average molecular weight is 355 g/mol. The molecule has 24 heavy (non-hydrogen) atoms. The maximum Gasteiger partial charge on any atom is 0.319 e. The standard InChI is InChI=1S/C16H22N4O3.ClH/c21-15(9-14-10-23-8-7-17-14)18-11-1-3-12(4-2-11)19-16(22)20-13-5-6-13;/h1-4,13-14,17H,5-10H2,(H,18,21)(H2,19,20,22);1H. The molecule has 7 nitrogen and oxygen atoms in total. The highest BCUT2D eigenvalue weighted by molar-refractivity contribution is 5.92. The van der Waals surface area contributed by atoms with Crippen molar-refractivity contribution >= 4 is 35.7 Å². The number of hydrogen-bond donors (Lipinski definition) is 4. The van der Waals surface area contributed by atoms with Crippen LogP contribution in [0.15, 0.2) is 24.3 Å². The largest absolute Gasteiger partial charge is 0.378 e. The van der Waals surface area contributed by atoms with Crippen molar-refractivity contribution in [2.75, 3.05) is 30.4 Å². The second kappa shape index (κ2) is 8.86. The molecule has 1 saturated carbocycles. The fraction of sp³-hybridized carbons (Fsp3) is 0.500. The Balaban J connectivity index is 0.00000208. The lowest BCUT2D eigenvalue weighted by molar-refractivity contribution is -0.117. The number of halogens is 1. The van der Waals surface area contributed by atoms with Crippen LogP contribution in [0, 0.1) is 0 Å². The van der Waals surface area contributed by atoms with Crippen LogP contribution in [0.25, 0.3) is 0 Å². The smallest absolute Gasteiger partial charge is 0.319 e. The number of amides is 3. The first-order valence-electron chi connectivity index (χ1n) is 7.97. The number of nitrogens with one attached hydrogen (secondary N) is 4. The molecule has 1 atom stereocenters. The van der Waals surface area contributed by atoms with Gasteiger partial charge in [-0.05, 0) is 37.1 Å². The SMILES string of the molecule is Cl.O=C(CC1COCCN1)Nc1ccc(NC(=O)NC2CC2)cc1. The topological polar surface area (TPSA) is 91.5 Å². The summed E-state index contributed by atoms with van der Waals surface area (Å²) >= 11 is 0. The average Bonchev–Trinajstić information content (AvgIpc) is 3.34. The van der Waals surface area contributed by atoms with Crippen LogP contribution in [0.2, 0.25) is 0 Å². The van der Waals surface area contributed by atoms with Crippen LogP contribution >= 0.6 is 12.4 Å². The molecule has 0 radical (unpaired) electrons. The molecule has 1 unspecified atom stereocenters. The van der Waals surface area contributed by atoms with E-state index in [2.05, 4.69) is 21.3 Å². The fourth-order valence-corrected chi connectivity index (χ4v) is 2.40. The van der Waals surface area contributed by atoms with Crippen LogP contribution in [0.3, 0.4) is 0 Å². The normalized spacial score (nSPS) is 19.8. The van der Waals surface area contributed by atoms with E-state index in [-0.39, 0.29) is 30.4 Å². The predicted octanol–water partition coefficient (Wildman–Crippen LogP) is 1.71. The minimum absolute atomic E-state index is 0. The summed E-state index contributed by atoms with van der Waals surface area (Å²) in [6.07, 6.45) is 2.49. The molecule has 3 amide bonds. The van der Waals surface area contributed by atoms with Crippen LogP contribution < -0.4 is 21.3 Å². The number of benzene rings is 1. The Morgan fingerprint density at radius 2 is 1.79 bits per heavy atom. The number of urea groups is 1. The lowest BCUT2D eigenvalue weighted by atomic mass is 10.2. The highest BCUT2D eigenvalue weighted by Crippen LogP contribution is 2.19. The Labute approximate surface area is 147 Å². The predicted molar refractivity (Wildman–Crippen MR) is 94.7 cm³/mol. The second-order valence-corrected chi connectivity index (χ2v) is 5.93. The first-order valence-corrected chi connectivity index (χ1v) is 7.97. The molecule has 2 aliphatic rings. The molecule has 1 heterocycles. The highest BCUT2D eigenvalue weighted by atomic mass is 35.5. The summed E-state index contributed by atoms with van der Waals surface area (Å²) in [5.74, 6) is -0.0554. The van der Waals surface area contributed by atoms with Gasteiger partial charge in [0.15, 0.2) is 0 Å². The maximum absolute atomic E-state index is 12.0. The van der Waals surface area contributed by atoms with Gasteiger partial charge in [0.1, 0.15) is 0 Å². The summed E-state index contributed by atoms with van der Waals surface area (Å²) in [6.45, 7) is 2.04. The van der Waals surface area contributed by atoms with Crippen LogP contribution in [0.5, 0.6) is 0 Å². The zero-order valence-electron chi connectivity index (χ0n) is 13.3. The zero-order chi connectivity index (χ0) is 16.1. The van der Waals surface area contributed by atoms with Crippen molar-refractivity contribution in [3.63, 3.8) is 0 Å². The molecule has 0 spiro atoms. The summed E-state index contributed by atoms with van der Waals surface area (Å²) in [6, 6.07) is 7.29. The van der Waals surface area contributed by atoms with Crippen molar-refractivity contribution < 1.29 is 14.3 Å². The van der Waals surface area contributed by atoms with Crippen molar-refractivity contribution in [1.29, 1.82) is 0 Å². The van der Waals surface area contributed by atoms with E-state index in [1.807, 2.05) is 0 Å². The van der Waals surface area contributed by atoms with Gasteiger partial charge in [-0.3, -0.25) is 4.79 Å². The number of carbonyl (C=O) groups is 2. The summed E-state index contributed by atoms with van der Waals surface area (Å²) < 4.78 is 5.33. The molecule has 1 aliphatic heterocycles. The minimum atomic E-state index is -0.187. The second-order valence-electron chi connectivity index (χ2n) is 5.93. The van der Waals surface area contributed by atoms with Crippen molar-refractivity contribution in [1.82, 2.24) is 10.6 Å². The molecular weight excluding hydrogens is 332 g/mol. The lowest BCUT2D eigenvalue weighted by Crippen LogP contribution is -2.43. The third-order valence-electron chi connectivity index (χ3n) is 3.77. The third-order valence-corrected chi connectivity index (χ3v) is 3.77. The van der Waals surface area contributed by atoms with Gasteiger partial charge in [0, 0.05) is 36.4 Å². The van der Waals surface area contributed by atoms with E-state index in [1.165, 1.54) is 0 Å². The molecule has 1 saturated heterocycles. The van der Waals surface area contributed by atoms with Gasteiger partial charge in [-0.25, -0.2) is 4.79 Å². The summed E-state index contributed by atoms with van der Waals surface area (Å²) in [5, 5.41) is 11.7. The van der Waals surface area contributed by atoms with Crippen LogP contribution in [-0.4, -0.2) is 43.8 Å². The van der Waals surface area contributed by atoms with E-state index in [4.69, 9.17) is 4.74 Å². The van der Waals surface area contributed by atoms with Gasteiger partial charge >= 0.3 is 6.03 Å². The third kappa shape index (κ3) is 5.99. The Kier molecular flexibility index (Phi) is 6.84. The number of hydrogen-bond acceptors (Lipinski definition) is 4. The Bertz CT molecular complexity index is 557. The molecule has 8 heteroatoms. The molecule has 1 aromatic rings. The van der Waals surface area contributed by atoms with E-state index in [9.17, 15) is 9.59 Å². The van der Waals surface area contributed by atoms with Gasteiger partial charge in [-0.15, -0.1) is 12.4 Å². The van der Waals surface area contributed by atoms with Gasteiger partial charge in [0.05, 0.1) is 13.2 Å². The Morgan fingerprint density at radius 1 is 1.12 bits per heavy atom. The van der Waals surface area contributed by atoms with Crippen LogP contribution in [0.4, 0.5) is 16.2 Å². The summed E-state index contributed by atoms with van der Waals surface area (Å²) in [5.41, 5.74) is 1.41. The highest BCUT2D eigenvalue weighted by Gasteiger charge is 2.23. The molecule has 1 aliphatic carbocycles. The fourth-order valence-electron chi connectivity index (χ4n) is 2.40. The molecule has 132 valence electrons. The number of anilines is 2. The number of rotatable bonds is 5. The van der Waals surface area contributed by atoms with Crippen LogP contribution in [-0.2, 0) is 9.53 Å². The van der Waals surface area contributed by atoms with Crippen LogP contribution in [0.1, 0.15) is 19.3 Å². The molecule has 1 aromatic carbocycles. The summed E-state index contributed by atoms with van der Waals surface area (Å²) in [4.78, 5) is 23.6.